The fourth-order valence-corrected chi connectivity index (χ4v) is 3.25. The first-order valence-electron chi connectivity index (χ1n) is 8.89. The number of benzene rings is 1. The largest absolute Gasteiger partial charge is 0.496 e. The second-order valence-corrected chi connectivity index (χ2v) is 7.09. The molecule has 0 aliphatic carbocycles. The van der Waals surface area contributed by atoms with Gasteiger partial charge in [-0.2, -0.15) is 10.2 Å². The van der Waals surface area contributed by atoms with E-state index in [0.717, 1.165) is 28.3 Å². The van der Waals surface area contributed by atoms with Crippen molar-refractivity contribution in [1.82, 2.24) is 19.6 Å². The molecule has 7 heteroatoms. The SMILES string of the molecule is COc1ccc(C=CC(=O)c2cn(C)nc2C)cc1Cn1nc(C)c(Cl)c1C. The number of carbonyl (C=O) groups excluding carboxylic acids is 1. The van der Waals surface area contributed by atoms with Gasteiger partial charge in [-0.3, -0.25) is 14.2 Å². The van der Waals surface area contributed by atoms with Crippen molar-refractivity contribution in [3.05, 3.63) is 69.3 Å². The highest BCUT2D eigenvalue weighted by Gasteiger charge is 2.13. The standard InChI is InChI=1S/C21H23ClN4O2/c1-13-18(12-25(4)23-13)19(27)8-6-16-7-9-20(28-5)17(10-16)11-26-15(3)21(22)14(2)24-26/h6-10,12H,11H2,1-5H3. The Kier molecular flexibility index (Phi) is 5.70. The lowest BCUT2D eigenvalue weighted by Gasteiger charge is -2.11. The molecule has 1 aromatic carbocycles. The van der Waals surface area contributed by atoms with Crippen LogP contribution in [0.2, 0.25) is 5.02 Å². The van der Waals surface area contributed by atoms with Crippen molar-refractivity contribution in [2.75, 3.05) is 7.11 Å². The molecule has 0 amide bonds. The third kappa shape index (κ3) is 4.02. The molecule has 0 saturated heterocycles. The van der Waals surface area contributed by atoms with Gasteiger partial charge >= 0.3 is 0 Å². The Labute approximate surface area is 169 Å². The molecule has 2 aromatic heterocycles. The lowest BCUT2D eigenvalue weighted by molar-refractivity contribution is 0.104. The monoisotopic (exact) mass is 398 g/mol. The van der Waals surface area contributed by atoms with Crippen molar-refractivity contribution in [2.24, 2.45) is 7.05 Å². The van der Waals surface area contributed by atoms with E-state index in [1.54, 1.807) is 37.2 Å². The third-order valence-electron chi connectivity index (χ3n) is 4.62. The Morgan fingerprint density at radius 2 is 1.96 bits per heavy atom. The van der Waals surface area contributed by atoms with Crippen LogP contribution >= 0.6 is 11.6 Å². The predicted molar refractivity (Wildman–Crippen MR) is 110 cm³/mol. The van der Waals surface area contributed by atoms with E-state index in [4.69, 9.17) is 16.3 Å². The number of methoxy groups -OCH3 is 1. The van der Waals surface area contributed by atoms with Gasteiger partial charge in [-0.15, -0.1) is 0 Å². The number of hydrogen-bond acceptors (Lipinski definition) is 4. The number of rotatable bonds is 6. The van der Waals surface area contributed by atoms with Crippen LogP contribution in [-0.4, -0.2) is 32.5 Å². The van der Waals surface area contributed by atoms with Crippen LogP contribution in [0.4, 0.5) is 0 Å². The number of carbonyl (C=O) groups is 1. The van der Waals surface area contributed by atoms with Crippen molar-refractivity contribution in [1.29, 1.82) is 0 Å². The molecule has 0 atom stereocenters. The first-order valence-corrected chi connectivity index (χ1v) is 9.27. The van der Waals surface area contributed by atoms with E-state index in [9.17, 15) is 4.79 Å². The maximum Gasteiger partial charge on any atom is 0.189 e. The smallest absolute Gasteiger partial charge is 0.189 e. The van der Waals surface area contributed by atoms with Gasteiger partial charge < -0.3 is 4.74 Å². The highest BCUT2D eigenvalue weighted by Crippen LogP contribution is 2.25. The number of allylic oxidation sites excluding steroid dienone is 1. The van der Waals surface area contributed by atoms with E-state index in [2.05, 4.69) is 10.2 Å². The van der Waals surface area contributed by atoms with Crippen LogP contribution in [0.25, 0.3) is 6.08 Å². The van der Waals surface area contributed by atoms with Crippen molar-refractivity contribution in [2.45, 2.75) is 27.3 Å². The second kappa shape index (κ2) is 8.02. The summed E-state index contributed by atoms with van der Waals surface area (Å²) in [5.41, 5.74) is 4.88. The average Bonchev–Trinajstić information content (AvgIpc) is 3.13. The number of aromatic nitrogens is 4. The maximum atomic E-state index is 12.4. The Hall–Kier alpha value is -2.86. The van der Waals surface area contributed by atoms with Crippen LogP contribution in [0.5, 0.6) is 5.75 Å². The molecular formula is C21H23ClN4O2. The molecule has 146 valence electrons. The van der Waals surface area contributed by atoms with E-state index in [0.29, 0.717) is 22.8 Å². The average molecular weight is 399 g/mol. The van der Waals surface area contributed by atoms with Gasteiger partial charge in [0.2, 0.25) is 0 Å². The molecule has 0 unspecified atom stereocenters. The fraction of sp³-hybridized carbons (Fsp3) is 0.286. The molecule has 0 fully saturated rings. The van der Waals surface area contributed by atoms with Gasteiger partial charge in [0.05, 0.1) is 41.3 Å². The summed E-state index contributed by atoms with van der Waals surface area (Å²) in [6.07, 6.45) is 5.09. The normalized spacial score (nSPS) is 11.4. The zero-order valence-corrected chi connectivity index (χ0v) is 17.4. The van der Waals surface area contributed by atoms with Crippen LogP contribution in [0, 0.1) is 20.8 Å². The second-order valence-electron chi connectivity index (χ2n) is 6.71. The van der Waals surface area contributed by atoms with Crippen molar-refractivity contribution in [3.8, 4) is 5.75 Å². The summed E-state index contributed by atoms with van der Waals surface area (Å²) in [6.45, 7) is 6.17. The molecule has 6 nitrogen and oxygen atoms in total. The molecule has 28 heavy (non-hydrogen) atoms. The number of nitrogens with zero attached hydrogens (tertiary/aromatic N) is 4. The molecule has 0 aliphatic rings. The van der Waals surface area contributed by atoms with Gasteiger partial charge in [0, 0.05) is 18.8 Å². The van der Waals surface area contributed by atoms with Crippen molar-refractivity contribution in [3.63, 3.8) is 0 Å². The Bertz CT molecular complexity index is 1060. The fourth-order valence-electron chi connectivity index (χ4n) is 3.12. The Morgan fingerprint density at radius 3 is 2.54 bits per heavy atom. The van der Waals surface area contributed by atoms with Gasteiger partial charge in [-0.1, -0.05) is 23.7 Å². The first kappa shape index (κ1) is 19.9. The number of ketones is 1. The van der Waals surface area contributed by atoms with Gasteiger partial charge in [0.1, 0.15) is 5.75 Å². The Morgan fingerprint density at radius 1 is 1.21 bits per heavy atom. The van der Waals surface area contributed by atoms with Crippen LogP contribution in [0.1, 0.15) is 38.6 Å². The lowest BCUT2D eigenvalue weighted by Crippen LogP contribution is -2.06. The minimum atomic E-state index is -0.0757. The quantitative estimate of drug-likeness (QED) is 0.462. The van der Waals surface area contributed by atoms with Crippen molar-refractivity contribution >= 4 is 23.5 Å². The minimum Gasteiger partial charge on any atom is -0.496 e. The predicted octanol–water partition coefficient (Wildman–Crippen LogP) is 4.15. The third-order valence-corrected chi connectivity index (χ3v) is 5.17. The van der Waals surface area contributed by atoms with Crippen molar-refractivity contribution < 1.29 is 9.53 Å². The number of halogens is 1. The van der Waals surface area contributed by atoms with E-state index in [-0.39, 0.29) is 5.78 Å². The van der Waals surface area contributed by atoms with Gasteiger partial charge in [0.15, 0.2) is 5.78 Å². The van der Waals surface area contributed by atoms with E-state index in [1.807, 2.05) is 43.7 Å². The van der Waals surface area contributed by atoms with Gasteiger partial charge in [0.25, 0.3) is 0 Å². The van der Waals surface area contributed by atoms with Crippen LogP contribution in [0.3, 0.4) is 0 Å². The zero-order chi connectivity index (χ0) is 20.4. The lowest BCUT2D eigenvalue weighted by atomic mass is 10.1. The molecular weight excluding hydrogens is 376 g/mol. The Balaban J connectivity index is 1.87. The van der Waals surface area contributed by atoms with Crippen LogP contribution < -0.4 is 4.74 Å². The maximum absolute atomic E-state index is 12.4. The molecule has 3 aromatic rings. The topological polar surface area (TPSA) is 61.9 Å². The minimum absolute atomic E-state index is 0.0757. The summed E-state index contributed by atoms with van der Waals surface area (Å²) >= 11 is 6.26. The van der Waals surface area contributed by atoms with Crippen LogP contribution in [0.15, 0.2) is 30.5 Å². The number of aryl methyl sites for hydroxylation is 3. The summed E-state index contributed by atoms with van der Waals surface area (Å²) < 4.78 is 8.98. The summed E-state index contributed by atoms with van der Waals surface area (Å²) in [4.78, 5) is 12.4. The molecule has 0 N–H and O–H groups in total. The molecule has 0 aliphatic heterocycles. The van der Waals surface area contributed by atoms with Crippen LogP contribution in [-0.2, 0) is 13.6 Å². The van der Waals surface area contributed by atoms with E-state index < -0.39 is 0 Å². The van der Waals surface area contributed by atoms with E-state index >= 15 is 0 Å². The molecule has 0 saturated carbocycles. The summed E-state index contributed by atoms with van der Waals surface area (Å²) in [6, 6.07) is 5.79. The number of ether oxygens (including phenoxy) is 1. The van der Waals surface area contributed by atoms with Gasteiger partial charge in [-0.05, 0) is 44.5 Å². The molecule has 0 radical (unpaired) electrons. The first-order chi connectivity index (χ1) is 13.3. The summed E-state index contributed by atoms with van der Waals surface area (Å²) in [5.74, 6) is 0.684. The molecule has 3 rings (SSSR count). The zero-order valence-electron chi connectivity index (χ0n) is 16.7. The summed E-state index contributed by atoms with van der Waals surface area (Å²) in [7, 11) is 3.44. The highest BCUT2D eigenvalue weighted by atomic mass is 35.5. The van der Waals surface area contributed by atoms with E-state index in [1.165, 1.54) is 0 Å². The molecule has 2 heterocycles. The number of hydrogen-bond donors (Lipinski definition) is 0. The highest BCUT2D eigenvalue weighted by molar-refractivity contribution is 6.31. The van der Waals surface area contributed by atoms with Gasteiger partial charge in [-0.25, -0.2) is 0 Å². The summed E-state index contributed by atoms with van der Waals surface area (Å²) in [5, 5.41) is 9.37. The molecule has 0 bridgehead atoms. The molecule has 0 spiro atoms.